The topological polar surface area (TPSA) is 74.2 Å². The first-order chi connectivity index (χ1) is 14.7. The summed E-state index contributed by atoms with van der Waals surface area (Å²) in [5.41, 5.74) is 5.56. The molecule has 0 aliphatic rings. The fourth-order valence-electron chi connectivity index (χ4n) is 2.72. The molecule has 0 radical (unpaired) electrons. The quantitative estimate of drug-likeness (QED) is 0.360. The highest BCUT2D eigenvalue weighted by molar-refractivity contribution is 7.14. The first kappa shape index (κ1) is 21.4. The smallest absolute Gasteiger partial charge is 0.203 e. The Morgan fingerprint density at radius 2 is 1.83 bits per heavy atom. The van der Waals surface area contributed by atoms with Gasteiger partial charge in [0.05, 0.1) is 39.8 Å². The van der Waals surface area contributed by atoms with Gasteiger partial charge in [-0.25, -0.2) is 4.98 Å². The van der Waals surface area contributed by atoms with E-state index in [2.05, 4.69) is 22.4 Å². The Labute approximate surface area is 180 Å². The first-order valence-corrected chi connectivity index (χ1v) is 10.3. The van der Waals surface area contributed by atoms with Gasteiger partial charge in [0.2, 0.25) is 5.13 Å². The van der Waals surface area contributed by atoms with Crippen molar-refractivity contribution in [2.45, 2.75) is 13.3 Å². The molecule has 8 heteroatoms. The van der Waals surface area contributed by atoms with Crippen molar-refractivity contribution in [3.8, 4) is 34.3 Å². The van der Waals surface area contributed by atoms with Gasteiger partial charge in [-0.05, 0) is 42.3 Å². The number of rotatable bonds is 10. The molecule has 1 N–H and O–H groups in total. The van der Waals surface area contributed by atoms with Gasteiger partial charge in [-0.2, -0.15) is 5.10 Å². The summed E-state index contributed by atoms with van der Waals surface area (Å²) in [6.07, 6.45) is 2.64. The molecule has 0 unspecified atom stereocenters. The predicted octanol–water partition coefficient (Wildman–Crippen LogP) is 5.07. The molecular formula is C22H25N3O4S. The van der Waals surface area contributed by atoms with Crippen LogP contribution < -0.4 is 24.4 Å². The van der Waals surface area contributed by atoms with Gasteiger partial charge in [-0.15, -0.1) is 11.3 Å². The van der Waals surface area contributed by atoms with Crippen LogP contribution in [0.25, 0.3) is 11.3 Å². The highest BCUT2D eigenvalue weighted by Gasteiger charge is 2.11. The monoisotopic (exact) mass is 427 g/mol. The van der Waals surface area contributed by atoms with Crippen molar-refractivity contribution in [3.63, 3.8) is 0 Å². The van der Waals surface area contributed by atoms with E-state index in [1.165, 1.54) is 11.3 Å². The van der Waals surface area contributed by atoms with Gasteiger partial charge in [-0.3, -0.25) is 5.43 Å². The van der Waals surface area contributed by atoms with E-state index in [-0.39, 0.29) is 0 Å². The molecule has 2 aromatic carbocycles. The van der Waals surface area contributed by atoms with Crippen LogP contribution >= 0.6 is 11.3 Å². The van der Waals surface area contributed by atoms with Crippen molar-refractivity contribution in [2.24, 2.45) is 5.10 Å². The minimum Gasteiger partial charge on any atom is -0.497 e. The molecule has 0 aliphatic heterocycles. The Bertz CT molecular complexity index is 1000. The van der Waals surface area contributed by atoms with Crippen LogP contribution in [-0.2, 0) is 0 Å². The Morgan fingerprint density at radius 1 is 1.00 bits per heavy atom. The molecule has 0 amide bonds. The second-order valence-corrected chi connectivity index (χ2v) is 7.09. The highest BCUT2D eigenvalue weighted by Crippen LogP contribution is 2.35. The molecule has 7 nitrogen and oxygen atoms in total. The maximum atomic E-state index is 5.73. The number of hydrogen-bond donors (Lipinski definition) is 1. The fourth-order valence-corrected chi connectivity index (χ4v) is 3.38. The van der Waals surface area contributed by atoms with E-state index in [0.29, 0.717) is 29.0 Å². The highest BCUT2D eigenvalue weighted by atomic mass is 32.1. The van der Waals surface area contributed by atoms with Gasteiger partial charge in [0.25, 0.3) is 0 Å². The van der Waals surface area contributed by atoms with Crippen LogP contribution in [0.15, 0.2) is 46.9 Å². The molecule has 0 bridgehead atoms. The SMILES string of the molecule is CCCOc1cc(/C=N\Nc2nc(-c3ccc(OC)cc3OC)cs2)ccc1OC. The molecule has 3 rings (SSSR count). The lowest BCUT2D eigenvalue weighted by molar-refractivity contribution is 0.294. The lowest BCUT2D eigenvalue weighted by atomic mass is 10.1. The molecule has 0 spiro atoms. The molecule has 1 heterocycles. The average Bonchev–Trinajstić information content (AvgIpc) is 3.25. The van der Waals surface area contributed by atoms with E-state index in [4.69, 9.17) is 18.9 Å². The lowest BCUT2D eigenvalue weighted by Crippen LogP contribution is -1.99. The van der Waals surface area contributed by atoms with Gasteiger partial charge in [0, 0.05) is 17.0 Å². The van der Waals surface area contributed by atoms with Crippen LogP contribution in [0.2, 0.25) is 0 Å². The van der Waals surface area contributed by atoms with E-state index in [1.54, 1.807) is 27.5 Å². The number of nitrogens with zero attached hydrogens (tertiary/aromatic N) is 2. The third-order valence-corrected chi connectivity index (χ3v) is 4.96. The molecule has 0 aliphatic carbocycles. The van der Waals surface area contributed by atoms with Crippen LogP contribution in [0.3, 0.4) is 0 Å². The number of benzene rings is 2. The number of hydrogen-bond acceptors (Lipinski definition) is 8. The summed E-state index contributed by atoms with van der Waals surface area (Å²) in [7, 11) is 4.88. The maximum Gasteiger partial charge on any atom is 0.203 e. The molecule has 3 aromatic rings. The number of anilines is 1. The van der Waals surface area contributed by atoms with Gasteiger partial charge < -0.3 is 18.9 Å². The summed E-state index contributed by atoms with van der Waals surface area (Å²) in [5.74, 6) is 2.83. The summed E-state index contributed by atoms with van der Waals surface area (Å²) in [5, 5.41) is 6.92. The third-order valence-electron chi connectivity index (χ3n) is 4.21. The Morgan fingerprint density at radius 3 is 2.57 bits per heavy atom. The van der Waals surface area contributed by atoms with Crippen molar-refractivity contribution in [1.82, 2.24) is 4.98 Å². The molecular weight excluding hydrogens is 402 g/mol. The number of methoxy groups -OCH3 is 3. The number of thiazole rings is 1. The standard InChI is InChI=1S/C22H25N3O4S/c1-5-10-29-21-11-15(6-9-19(21)27-3)13-23-25-22-24-18(14-30-22)17-8-7-16(26-2)12-20(17)28-4/h6-9,11-14H,5,10H2,1-4H3,(H,24,25)/b23-13-. The van der Waals surface area contributed by atoms with Crippen molar-refractivity contribution in [3.05, 3.63) is 47.3 Å². The molecule has 158 valence electrons. The normalized spacial score (nSPS) is 10.8. The van der Waals surface area contributed by atoms with Crippen molar-refractivity contribution >= 4 is 22.7 Å². The zero-order valence-corrected chi connectivity index (χ0v) is 18.3. The van der Waals surface area contributed by atoms with Crippen LogP contribution in [0.4, 0.5) is 5.13 Å². The summed E-state index contributed by atoms with van der Waals surface area (Å²) >= 11 is 1.46. The Hall–Kier alpha value is -3.26. The lowest BCUT2D eigenvalue weighted by Gasteiger charge is -2.10. The van der Waals surface area contributed by atoms with E-state index < -0.39 is 0 Å². The minimum atomic E-state index is 0.631. The fraction of sp³-hybridized carbons (Fsp3) is 0.273. The van der Waals surface area contributed by atoms with Gasteiger partial charge in [0.1, 0.15) is 11.5 Å². The number of hydrazone groups is 1. The van der Waals surface area contributed by atoms with E-state index in [9.17, 15) is 0 Å². The van der Waals surface area contributed by atoms with Crippen molar-refractivity contribution in [2.75, 3.05) is 33.4 Å². The van der Waals surface area contributed by atoms with Crippen LogP contribution in [0.1, 0.15) is 18.9 Å². The molecule has 0 saturated heterocycles. The van der Waals surface area contributed by atoms with E-state index in [0.717, 1.165) is 29.0 Å². The zero-order valence-electron chi connectivity index (χ0n) is 17.5. The van der Waals surface area contributed by atoms with Crippen LogP contribution in [0.5, 0.6) is 23.0 Å². The number of ether oxygens (including phenoxy) is 4. The Balaban J connectivity index is 1.70. The average molecular weight is 428 g/mol. The second-order valence-electron chi connectivity index (χ2n) is 6.23. The first-order valence-electron chi connectivity index (χ1n) is 9.46. The van der Waals surface area contributed by atoms with Crippen LogP contribution in [-0.4, -0.2) is 39.1 Å². The van der Waals surface area contributed by atoms with E-state index >= 15 is 0 Å². The van der Waals surface area contributed by atoms with Gasteiger partial charge in [0.15, 0.2) is 11.5 Å². The number of nitrogens with one attached hydrogen (secondary N) is 1. The van der Waals surface area contributed by atoms with Crippen molar-refractivity contribution < 1.29 is 18.9 Å². The minimum absolute atomic E-state index is 0.631. The summed E-state index contributed by atoms with van der Waals surface area (Å²) in [6, 6.07) is 11.3. The van der Waals surface area contributed by atoms with Crippen LogP contribution in [0, 0.1) is 0 Å². The molecule has 0 saturated carbocycles. The molecule has 0 fully saturated rings. The predicted molar refractivity (Wildman–Crippen MR) is 121 cm³/mol. The Kier molecular flexibility index (Phi) is 7.51. The summed E-state index contributed by atoms with van der Waals surface area (Å²) in [4.78, 5) is 4.59. The second kappa shape index (κ2) is 10.5. The largest absolute Gasteiger partial charge is 0.497 e. The number of aromatic nitrogens is 1. The van der Waals surface area contributed by atoms with Gasteiger partial charge in [-0.1, -0.05) is 6.92 Å². The van der Waals surface area contributed by atoms with E-state index in [1.807, 2.05) is 41.8 Å². The maximum absolute atomic E-state index is 5.73. The molecule has 30 heavy (non-hydrogen) atoms. The molecule has 1 aromatic heterocycles. The third kappa shape index (κ3) is 5.21. The summed E-state index contributed by atoms with van der Waals surface area (Å²) in [6.45, 7) is 2.69. The van der Waals surface area contributed by atoms with Gasteiger partial charge >= 0.3 is 0 Å². The zero-order chi connectivity index (χ0) is 21.3. The van der Waals surface area contributed by atoms with Crippen molar-refractivity contribution in [1.29, 1.82) is 0 Å². The summed E-state index contributed by atoms with van der Waals surface area (Å²) < 4.78 is 21.8. The molecule has 0 atom stereocenters.